The monoisotopic (exact) mass is 668 g/mol. The molecule has 0 radical (unpaired) electrons. The van der Waals surface area contributed by atoms with Gasteiger partial charge in [0.25, 0.3) is 11.5 Å². The van der Waals surface area contributed by atoms with Gasteiger partial charge in [0.1, 0.15) is 5.82 Å². The van der Waals surface area contributed by atoms with Gasteiger partial charge in [0.15, 0.2) is 0 Å². The van der Waals surface area contributed by atoms with E-state index in [2.05, 4.69) is 33.1 Å². The van der Waals surface area contributed by atoms with Crippen molar-refractivity contribution >= 4 is 23.7 Å². The summed E-state index contributed by atoms with van der Waals surface area (Å²) in [6.07, 6.45) is 11.0. The molecule has 3 saturated heterocycles. The van der Waals surface area contributed by atoms with Crippen LogP contribution in [-0.4, -0.2) is 66.9 Å². The van der Waals surface area contributed by atoms with Gasteiger partial charge in [-0.2, -0.15) is 0 Å². The lowest BCUT2D eigenvalue weighted by atomic mass is 9.88. The number of aromatic amines is 1. The second-order valence-electron chi connectivity index (χ2n) is 14.2. The number of H-pyrrole nitrogens is 1. The Labute approximate surface area is 288 Å². The van der Waals surface area contributed by atoms with Gasteiger partial charge in [-0.3, -0.25) is 14.5 Å². The number of halogens is 1. The second-order valence-corrected chi connectivity index (χ2v) is 14.2. The molecule has 3 aliphatic heterocycles. The fourth-order valence-corrected chi connectivity index (χ4v) is 8.41. The van der Waals surface area contributed by atoms with Crippen LogP contribution in [0.1, 0.15) is 94.0 Å². The highest BCUT2D eigenvalue weighted by Crippen LogP contribution is 2.32. The Hall–Kier alpha value is -3.79. The summed E-state index contributed by atoms with van der Waals surface area (Å²) in [5.41, 5.74) is 8.61. The van der Waals surface area contributed by atoms with E-state index in [0.717, 1.165) is 111 Å². The molecule has 8 nitrogen and oxygen atoms in total. The van der Waals surface area contributed by atoms with Gasteiger partial charge >= 0.3 is 0 Å². The van der Waals surface area contributed by atoms with Gasteiger partial charge < -0.3 is 24.7 Å². The SMILES string of the molecule is CCN(c1cc(/C=C/c2ccc(CN3C[C@H]4C[C@@H]3CO4)c(F)c2)cc(C(=O)NCc2c3c(c(C)[nH]c2=O)CCCC3)c1C)C1CCOCC1. The Kier molecular flexibility index (Phi) is 10.0. The fraction of sp³-hybridized carbons (Fsp3) is 0.500. The molecule has 0 saturated carbocycles. The zero-order chi connectivity index (χ0) is 34.1. The first-order valence-electron chi connectivity index (χ1n) is 18.1. The molecule has 0 unspecified atom stereocenters. The molecule has 4 heterocycles. The highest BCUT2D eigenvalue weighted by Gasteiger charge is 2.39. The van der Waals surface area contributed by atoms with Crippen LogP contribution >= 0.6 is 0 Å². The number of hydrogen-bond donors (Lipinski definition) is 2. The molecule has 3 fully saturated rings. The molecular formula is C40H49FN4O4. The van der Waals surface area contributed by atoms with Crippen LogP contribution in [0.25, 0.3) is 12.2 Å². The number of carbonyl (C=O) groups is 1. The van der Waals surface area contributed by atoms with E-state index in [4.69, 9.17) is 9.47 Å². The minimum absolute atomic E-state index is 0.121. The van der Waals surface area contributed by atoms with Gasteiger partial charge in [-0.05, 0) is 112 Å². The molecule has 7 rings (SSSR count). The Morgan fingerprint density at radius 1 is 1.08 bits per heavy atom. The van der Waals surface area contributed by atoms with E-state index < -0.39 is 0 Å². The molecule has 2 N–H and O–H groups in total. The van der Waals surface area contributed by atoms with E-state index >= 15 is 4.39 Å². The van der Waals surface area contributed by atoms with Crippen molar-refractivity contribution in [2.45, 2.75) is 97.0 Å². The number of benzene rings is 2. The zero-order valence-electron chi connectivity index (χ0n) is 29.1. The number of aryl methyl sites for hydroxylation is 1. The topological polar surface area (TPSA) is 86.9 Å². The Bertz CT molecular complexity index is 1800. The maximum atomic E-state index is 15.3. The van der Waals surface area contributed by atoms with Crippen molar-refractivity contribution in [3.63, 3.8) is 0 Å². The third kappa shape index (κ3) is 7.12. The summed E-state index contributed by atoms with van der Waals surface area (Å²) in [4.78, 5) is 34.8. The summed E-state index contributed by atoms with van der Waals surface area (Å²) in [6.45, 7) is 10.7. The standard InChI is InChI=1S/C40H49FN4O4/c1-4-45(30-13-15-48-16-14-30)38-19-28(10-9-27-11-12-29(37(41)18-27)22-44-23-32-20-31(44)24-49-32)17-35(25(38)2)39(46)42-21-36-34-8-6-5-7-33(34)26(3)43-40(36)47/h9-12,17-19,30-32H,4-8,13-16,20-24H2,1-3H3,(H,42,46)(H,43,47)/b10-9+/t31-,32-/m1/s1. The van der Waals surface area contributed by atoms with Crippen molar-refractivity contribution in [3.05, 3.63) is 96.7 Å². The maximum Gasteiger partial charge on any atom is 0.253 e. The Morgan fingerprint density at radius 3 is 2.57 bits per heavy atom. The summed E-state index contributed by atoms with van der Waals surface area (Å²) in [5, 5.41) is 3.10. The number of fused-ring (bicyclic) bond motifs is 3. The summed E-state index contributed by atoms with van der Waals surface area (Å²) in [5.74, 6) is -0.418. The van der Waals surface area contributed by atoms with Crippen LogP contribution in [-0.2, 0) is 35.4 Å². The van der Waals surface area contributed by atoms with E-state index in [1.165, 1.54) is 5.56 Å². The number of rotatable bonds is 10. The number of pyridine rings is 1. The van der Waals surface area contributed by atoms with Crippen LogP contribution in [0.3, 0.4) is 0 Å². The molecule has 1 aromatic heterocycles. The molecule has 1 aliphatic carbocycles. The number of hydrogen-bond acceptors (Lipinski definition) is 6. The average molecular weight is 669 g/mol. The first-order chi connectivity index (χ1) is 23.8. The van der Waals surface area contributed by atoms with Gasteiger partial charge in [0.2, 0.25) is 0 Å². The lowest BCUT2D eigenvalue weighted by molar-refractivity contribution is 0.0269. The minimum Gasteiger partial charge on any atom is -0.381 e. The van der Waals surface area contributed by atoms with Crippen LogP contribution in [0.2, 0.25) is 0 Å². The third-order valence-corrected chi connectivity index (χ3v) is 11.1. The molecule has 4 aliphatic rings. The first-order valence-corrected chi connectivity index (χ1v) is 18.1. The van der Waals surface area contributed by atoms with Gasteiger partial charge in [0, 0.05) is 79.5 Å². The molecule has 0 spiro atoms. The molecule has 2 atom stereocenters. The van der Waals surface area contributed by atoms with Crippen molar-refractivity contribution in [2.24, 2.45) is 0 Å². The number of likely N-dealkylation sites (tertiary alicyclic amines) is 1. The predicted octanol–water partition coefficient (Wildman–Crippen LogP) is 6.09. The lowest BCUT2D eigenvalue weighted by Gasteiger charge is -2.36. The quantitative estimate of drug-likeness (QED) is 0.255. The number of nitrogens with one attached hydrogen (secondary N) is 2. The lowest BCUT2D eigenvalue weighted by Crippen LogP contribution is -2.40. The van der Waals surface area contributed by atoms with Gasteiger partial charge in [-0.25, -0.2) is 4.39 Å². The third-order valence-electron chi connectivity index (χ3n) is 11.1. The predicted molar refractivity (Wildman–Crippen MR) is 192 cm³/mol. The second kappa shape index (κ2) is 14.6. The molecule has 49 heavy (non-hydrogen) atoms. The summed E-state index contributed by atoms with van der Waals surface area (Å²) < 4.78 is 26.7. The zero-order valence-corrected chi connectivity index (χ0v) is 29.1. The molecule has 2 aromatic carbocycles. The van der Waals surface area contributed by atoms with Gasteiger partial charge in [-0.15, -0.1) is 0 Å². The highest BCUT2D eigenvalue weighted by molar-refractivity contribution is 5.98. The van der Waals surface area contributed by atoms with Crippen molar-refractivity contribution in [1.29, 1.82) is 0 Å². The molecule has 3 aromatic rings. The number of nitrogens with zero attached hydrogens (tertiary/aromatic N) is 2. The fourth-order valence-electron chi connectivity index (χ4n) is 8.41. The molecular weight excluding hydrogens is 619 g/mol. The summed E-state index contributed by atoms with van der Waals surface area (Å²) in [6, 6.07) is 10.2. The van der Waals surface area contributed by atoms with E-state index in [9.17, 15) is 9.59 Å². The average Bonchev–Trinajstić information content (AvgIpc) is 3.74. The number of amides is 1. The number of anilines is 1. The van der Waals surface area contributed by atoms with Crippen LogP contribution in [0.5, 0.6) is 0 Å². The van der Waals surface area contributed by atoms with Crippen LogP contribution in [0.15, 0.2) is 35.1 Å². The summed E-state index contributed by atoms with van der Waals surface area (Å²) in [7, 11) is 0. The van der Waals surface area contributed by atoms with E-state index in [0.29, 0.717) is 35.3 Å². The van der Waals surface area contributed by atoms with Gasteiger partial charge in [0.05, 0.1) is 12.7 Å². The molecule has 9 heteroatoms. The van der Waals surface area contributed by atoms with E-state index in [1.54, 1.807) is 6.07 Å². The number of morpholine rings is 1. The normalized spacial score (nSPS) is 21.0. The van der Waals surface area contributed by atoms with E-state index in [-0.39, 0.29) is 29.9 Å². The largest absolute Gasteiger partial charge is 0.381 e. The Morgan fingerprint density at radius 2 is 1.86 bits per heavy atom. The van der Waals surface area contributed by atoms with E-state index in [1.807, 2.05) is 44.2 Å². The molecule has 260 valence electrons. The van der Waals surface area contributed by atoms with Crippen molar-refractivity contribution < 1.29 is 18.7 Å². The number of carbonyl (C=O) groups excluding carboxylic acids is 1. The smallest absolute Gasteiger partial charge is 0.253 e. The van der Waals surface area contributed by atoms with Crippen LogP contribution < -0.4 is 15.8 Å². The van der Waals surface area contributed by atoms with Crippen molar-refractivity contribution in [3.8, 4) is 0 Å². The first kappa shape index (κ1) is 33.7. The number of ether oxygens (including phenoxy) is 2. The van der Waals surface area contributed by atoms with Crippen molar-refractivity contribution in [1.82, 2.24) is 15.2 Å². The highest BCUT2D eigenvalue weighted by atomic mass is 19.1. The molecule has 2 bridgehead atoms. The minimum atomic E-state index is -0.210. The maximum absolute atomic E-state index is 15.3. The van der Waals surface area contributed by atoms with Crippen molar-refractivity contribution in [2.75, 3.05) is 37.8 Å². The molecule has 1 amide bonds. The Balaban J connectivity index is 1.16. The summed E-state index contributed by atoms with van der Waals surface area (Å²) >= 11 is 0. The van der Waals surface area contributed by atoms with Crippen LogP contribution in [0, 0.1) is 19.7 Å². The number of aromatic nitrogens is 1. The van der Waals surface area contributed by atoms with Crippen LogP contribution in [0.4, 0.5) is 10.1 Å². The van der Waals surface area contributed by atoms with Gasteiger partial charge in [-0.1, -0.05) is 24.3 Å².